The number of aromatic nitrogens is 1. The minimum atomic E-state index is -0.293. The van der Waals surface area contributed by atoms with E-state index >= 15 is 0 Å². The number of hydrogen-bond acceptors (Lipinski definition) is 4. The molecule has 3 rings (SSSR count). The highest BCUT2D eigenvalue weighted by atomic mass is 16.3. The first-order chi connectivity index (χ1) is 10.6. The van der Waals surface area contributed by atoms with Gasteiger partial charge in [0.05, 0.1) is 0 Å². The zero-order chi connectivity index (χ0) is 15.5. The summed E-state index contributed by atoms with van der Waals surface area (Å²) >= 11 is 0. The lowest BCUT2D eigenvalue weighted by atomic mass is 10.1. The van der Waals surface area contributed by atoms with E-state index in [0.717, 1.165) is 5.56 Å². The van der Waals surface area contributed by atoms with Gasteiger partial charge in [-0.3, -0.25) is 9.78 Å². The fourth-order valence-corrected chi connectivity index (χ4v) is 2.19. The Morgan fingerprint density at radius 3 is 2.64 bits per heavy atom. The molecule has 3 aromatic rings. The van der Waals surface area contributed by atoms with Crippen LogP contribution in [0, 0.1) is 0 Å². The molecular weight excluding hydrogens is 280 g/mol. The number of pyridine rings is 1. The normalized spacial score (nSPS) is 10.5. The minimum Gasteiger partial charge on any atom is -0.504 e. The number of phenolic OH excluding ortho intramolecular Hbond substituents is 2. The molecule has 2 aromatic carbocycles. The number of hydrogen-bond donors (Lipinski definition) is 3. The van der Waals surface area contributed by atoms with E-state index in [1.54, 1.807) is 12.1 Å². The van der Waals surface area contributed by atoms with E-state index in [1.165, 1.54) is 12.3 Å². The first-order valence-corrected chi connectivity index (χ1v) is 6.78. The zero-order valence-corrected chi connectivity index (χ0v) is 11.7. The van der Waals surface area contributed by atoms with Crippen molar-refractivity contribution in [1.82, 2.24) is 10.3 Å². The van der Waals surface area contributed by atoms with Crippen molar-refractivity contribution in [1.29, 1.82) is 0 Å². The van der Waals surface area contributed by atoms with Crippen LogP contribution in [-0.4, -0.2) is 21.1 Å². The number of nitrogens with zero attached hydrogens (tertiary/aromatic N) is 1. The van der Waals surface area contributed by atoms with Gasteiger partial charge >= 0.3 is 0 Å². The molecule has 0 aliphatic rings. The average molecular weight is 294 g/mol. The third-order valence-corrected chi connectivity index (χ3v) is 3.38. The summed E-state index contributed by atoms with van der Waals surface area (Å²) in [6, 6.07) is 14.2. The van der Waals surface area contributed by atoms with E-state index in [1.807, 2.05) is 30.3 Å². The molecule has 3 N–H and O–H groups in total. The quantitative estimate of drug-likeness (QED) is 0.648. The molecular formula is C17H14N2O3. The summed E-state index contributed by atoms with van der Waals surface area (Å²) in [5, 5.41) is 23.0. The number of nitrogens with one attached hydrogen (secondary N) is 1. The van der Waals surface area contributed by atoms with Crippen LogP contribution in [0.5, 0.6) is 11.5 Å². The van der Waals surface area contributed by atoms with Crippen molar-refractivity contribution in [3.8, 4) is 11.5 Å². The van der Waals surface area contributed by atoms with Gasteiger partial charge in [-0.1, -0.05) is 36.4 Å². The number of carbonyl (C=O) groups excluding carboxylic acids is 1. The molecule has 5 heteroatoms. The van der Waals surface area contributed by atoms with Gasteiger partial charge in [-0.05, 0) is 23.1 Å². The Bertz CT molecular complexity index is 832. The van der Waals surface area contributed by atoms with Crippen LogP contribution in [0.4, 0.5) is 0 Å². The molecule has 0 saturated heterocycles. The van der Waals surface area contributed by atoms with E-state index in [4.69, 9.17) is 0 Å². The molecule has 0 unspecified atom stereocenters. The van der Waals surface area contributed by atoms with Gasteiger partial charge in [0.1, 0.15) is 5.69 Å². The van der Waals surface area contributed by atoms with Gasteiger partial charge in [-0.15, -0.1) is 0 Å². The lowest BCUT2D eigenvalue weighted by Crippen LogP contribution is -2.23. The molecule has 0 aliphatic carbocycles. The molecule has 0 saturated carbocycles. The zero-order valence-electron chi connectivity index (χ0n) is 11.7. The molecule has 1 amide bonds. The summed E-state index contributed by atoms with van der Waals surface area (Å²) in [5.74, 6) is -0.741. The Morgan fingerprint density at radius 1 is 1.09 bits per heavy atom. The number of fused-ring (bicyclic) bond motifs is 1. The maximum absolute atomic E-state index is 12.1. The van der Waals surface area contributed by atoms with Crippen molar-refractivity contribution >= 4 is 16.7 Å². The van der Waals surface area contributed by atoms with Crippen molar-refractivity contribution in [2.75, 3.05) is 0 Å². The van der Waals surface area contributed by atoms with Crippen molar-refractivity contribution in [2.45, 2.75) is 6.54 Å². The first kappa shape index (κ1) is 13.9. The van der Waals surface area contributed by atoms with Gasteiger partial charge in [0, 0.05) is 18.1 Å². The van der Waals surface area contributed by atoms with Crippen molar-refractivity contribution in [2.24, 2.45) is 0 Å². The summed E-state index contributed by atoms with van der Waals surface area (Å²) in [5.41, 5.74) is 1.26. The number of benzene rings is 2. The molecule has 0 fully saturated rings. The molecule has 5 nitrogen and oxygen atoms in total. The van der Waals surface area contributed by atoms with Gasteiger partial charge in [-0.25, -0.2) is 0 Å². The fourth-order valence-electron chi connectivity index (χ4n) is 2.19. The smallest absolute Gasteiger partial charge is 0.270 e. The van der Waals surface area contributed by atoms with E-state index in [9.17, 15) is 15.0 Å². The highest BCUT2D eigenvalue weighted by Gasteiger charge is 2.11. The molecule has 0 aliphatic heterocycles. The fraction of sp³-hybridized carbons (Fsp3) is 0.0588. The van der Waals surface area contributed by atoms with Crippen molar-refractivity contribution in [3.05, 3.63) is 66.0 Å². The second-order valence-corrected chi connectivity index (χ2v) is 4.89. The van der Waals surface area contributed by atoms with Crippen molar-refractivity contribution < 1.29 is 15.0 Å². The molecule has 0 bridgehead atoms. The molecule has 1 aromatic heterocycles. The molecule has 0 radical (unpaired) electrons. The van der Waals surface area contributed by atoms with Gasteiger partial charge in [0.2, 0.25) is 0 Å². The number of aromatic hydroxyl groups is 2. The van der Waals surface area contributed by atoms with Crippen LogP contribution < -0.4 is 5.32 Å². The Kier molecular flexibility index (Phi) is 3.62. The predicted molar refractivity (Wildman–Crippen MR) is 82.7 cm³/mol. The van der Waals surface area contributed by atoms with E-state index < -0.39 is 0 Å². The highest BCUT2D eigenvalue weighted by Crippen LogP contribution is 2.32. The van der Waals surface area contributed by atoms with Gasteiger partial charge in [-0.2, -0.15) is 0 Å². The Balaban J connectivity index is 1.81. The minimum absolute atomic E-state index is 0.212. The van der Waals surface area contributed by atoms with Crippen LogP contribution in [0.3, 0.4) is 0 Å². The van der Waals surface area contributed by atoms with Crippen LogP contribution in [0.1, 0.15) is 16.1 Å². The van der Waals surface area contributed by atoms with Crippen LogP contribution >= 0.6 is 0 Å². The highest BCUT2D eigenvalue weighted by molar-refractivity contribution is 5.98. The number of amides is 1. The van der Waals surface area contributed by atoms with Crippen LogP contribution in [0.15, 0.2) is 54.7 Å². The lowest BCUT2D eigenvalue weighted by molar-refractivity contribution is 0.0946. The summed E-state index contributed by atoms with van der Waals surface area (Å²) in [7, 11) is 0. The summed E-state index contributed by atoms with van der Waals surface area (Å²) in [6.07, 6.45) is 1.38. The molecule has 0 spiro atoms. The largest absolute Gasteiger partial charge is 0.504 e. The molecule has 0 atom stereocenters. The van der Waals surface area contributed by atoms with Crippen LogP contribution in [0.25, 0.3) is 10.8 Å². The van der Waals surface area contributed by atoms with Crippen molar-refractivity contribution in [3.63, 3.8) is 0 Å². The van der Waals surface area contributed by atoms with Crippen LogP contribution in [0.2, 0.25) is 0 Å². The molecule has 110 valence electrons. The summed E-state index contributed by atoms with van der Waals surface area (Å²) in [6.45, 7) is 0.417. The van der Waals surface area contributed by atoms with E-state index in [2.05, 4.69) is 10.3 Å². The van der Waals surface area contributed by atoms with E-state index in [-0.39, 0.29) is 23.1 Å². The Hall–Kier alpha value is -3.08. The second-order valence-electron chi connectivity index (χ2n) is 4.89. The summed E-state index contributed by atoms with van der Waals surface area (Å²) in [4.78, 5) is 16.2. The van der Waals surface area contributed by atoms with Gasteiger partial charge in [0.25, 0.3) is 5.91 Å². The topological polar surface area (TPSA) is 82.5 Å². The monoisotopic (exact) mass is 294 g/mol. The third kappa shape index (κ3) is 2.69. The van der Waals surface area contributed by atoms with E-state index in [0.29, 0.717) is 17.3 Å². The average Bonchev–Trinajstić information content (AvgIpc) is 2.56. The molecule has 1 heterocycles. The van der Waals surface area contributed by atoms with Gasteiger partial charge in [0.15, 0.2) is 11.5 Å². The SMILES string of the molecule is O=C(NCc1ccccc1)c1cc2ccc(O)c(O)c2cn1. The second kappa shape index (κ2) is 5.73. The standard InChI is InChI=1S/C17H14N2O3/c20-15-7-6-12-8-14(18-10-13(12)16(15)21)17(22)19-9-11-4-2-1-3-5-11/h1-8,10,20-21H,9H2,(H,19,22). The number of rotatable bonds is 3. The maximum atomic E-state index is 12.1. The number of phenols is 2. The van der Waals surface area contributed by atoms with Crippen LogP contribution in [-0.2, 0) is 6.54 Å². The Labute approximate surface area is 126 Å². The molecule has 22 heavy (non-hydrogen) atoms. The Morgan fingerprint density at radius 2 is 1.86 bits per heavy atom. The lowest BCUT2D eigenvalue weighted by Gasteiger charge is -2.07. The van der Waals surface area contributed by atoms with Gasteiger partial charge < -0.3 is 15.5 Å². The third-order valence-electron chi connectivity index (χ3n) is 3.38. The number of carbonyl (C=O) groups is 1. The first-order valence-electron chi connectivity index (χ1n) is 6.78. The maximum Gasteiger partial charge on any atom is 0.270 e. The predicted octanol–water partition coefficient (Wildman–Crippen LogP) is 2.58. The summed E-state index contributed by atoms with van der Waals surface area (Å²) < 4.78 is 0.